The molecule has 0 aliphatic rings. The second kappa shape index (κ2) is 8.60. The normalized spacial score (nSPS) is 10.6. The van der Waals surface area contributed by atoms with Crippen molar-refractivity contribution in [3.63, 3.8) is 0 Å². The number of methoxy groups -OCH3 is 1. The molecule has 9 heteroatoms. The largest absolute Gasteiger partial charge is 0.465 e. The average Bonchev–Trinajstić information content (AvgIpc) is 2.65. The van der Waals surface area contributed by atoms with Crippen molar-refractivity contribution in [2.45, 2.75) is 0 Å². The van der Waals surface area contributed by atoms with Crippen LogP contribution in [0.1, 0.15) is 15.9 Å². The van der Waals surface area contributed by atoms with Crippen LogP contribution in [0.2, 0.25) is 5.02 Å². The quantitative estimate of drug-likeness (QED) is 0.192. The van der Waals surface area contributed by atoms with Crippen LogP contribution >= 0.6 is 11.6 Å². The zero-order valence-corrected chi connectivity index (χ0v) is 14.6. The van der Waals surface area contributed by atoms with E-state index in [0.29, 0.717) is 5.56 Å². The number of ether oxygens (including phenoxy) is 2. The predicted octanol–water partition coefficient (Wildman–Crippen LogP) is 3.55. The first kappa shape index (κ1) is 19.6. The molecule has 0 aliphatic heterocycles. The first-order valence-electron chi connectivity index (χ1n) is 7.32. The molecule has 2 rings (SSSR count). The van der Waals surface area contributed by atoms with E-state index in [9.17, 15) is 19.7 Å². The Balaban J connectivity index is 2.31. The Labute approximate surface area is 158 Å². The van der Waals surface area contributed by atoms with Gasteiger partial charge in [-0.05, 0) is 35.9 Å². The highest BCUT2D eigenvalue weighted by Gasteiger charge is 2.22. The molecule has 0 heterocycles. The van der Waals surface area contributed by atoms with Crippen LogP contribution in [0.15, 0.2) is 48.0 Å². The molecule has 0 amide bonds. The number of nitrogens with zero attached hydrogens (tertiary/aromatic N) is 2. The molecule has 2 aromatic carbocycles. The van der Waals surface area contributed by atoms with Gasteiger partial charge in [-0.2, -0.15) is 5.26 Å². The number of esters is 2. The number of carbonyl (C=O) groups excluding carboxylic acids is 2. The van der Waals surface area contributed by atoms with Crippen LogP contribution in [0.25, 0.3) is 6.08 Å². The fourth-order valence-corrected chi connectivity index (χ4v) is 2.24. The minimum Gasteiger partial charge on any atom is -0.465 e. The maximum absolute atomic E-state index is 12.3. The highest BCUT2D eigenvalue weighted by molar-refractivity contribution is 6.31. The molecule has 0 radical (unpaired) electrons. The van der Waals surface area contributed by atoms with Crippen molar-refractivity contribution in [3.8, 4) is 11.8 Å². The van der Waals surface area contributed by atoms with Gasteiger partial charge in [0.2, 0.25) is 0 Å². The van der Waals surface area contributed by atoms with Crippen molar-refractivity contribution in [1.82, 2.24) is 0 Å². The third kappa shape index (κ3) is 4.90. The molecule has 0 unspecified atom stereocenters. The van der Waals surface area contributed by atoms with E-state index in [1.54, 1.807) is 12.1 Å². The molecule has 8 nitrogen and oxygen atoms in total. The summed E-state index contributed by atoms with van der Waals surface area (Å²) in [5.41, 5.74) is -0.596. The van der Waals surface area contributed by atoms with E-state index < -0.39 is 22.5 Å². The number of nitriles is 1. The van der Waals surface area contributed by atoms with Crippen LogP contribution < -0.4 is 4.74 Å². The molecular weight excluding hydrogens is 376 g/mol. The van der Waals surface area contributed by atoms with E-state index in [2.05, 4.69) is 4.74 Å². The summed E-state index contributed by atoms with van der Waals surface area (Å²) in [6.07, 6.45) is 1.26. The molecule has 2 aromatic rings. The third-order valence-corrected chi connectivity index (χ3v) is 3.52. The van der Waals surface area contributed by atoms with Gasteiger partial charge in [0.25, 0.3) is 5.69 Å². The van der Waals surface area contributed by atoms with E-state index in [1.807, 2.05) is 0 Å². The number of nitro groups is 1. The SMILES string of the molecule is COC(=O)/C(C#N)=C/c1cccc(OC(=O)c2ccc(Cl)cc2[N+](=O)[O-])c1. The van der Waals surface area contributed by atoms with Gasteiger partial charge in [0.15, 0.2) is 0 Å². The summed E-state index contributed by atoms with van der Waals surface area (Å²) in [5.74, 6) is -1.69. The van der Waals surface area contributed by atoms with Gasteiger partial charge in [-0.1, -0.05) is 23.7 Å². The van der Waals surface area contributed by atoms with Gasteiger partial charge >= 0.3 is 11.9 Å². The van der Waals surface area contributed by atoms with E-state index in [1.165, 1.54) is 36.4 Å². The summed E-state index contributed by atoms with van der Waals surface area (Å²) in [4.78, 5) is 34.1. The van der Waals surface area contributed by atoms with Crippen LogP contribution in [-0.4, -0.2) is 24.0 Å². The number of rotatable bonds is 5. The molecule has 0 atom stereocenters. The molecule has 0 aromatic heterocycles. The topological polar surface area (TPSA) is 120 Å². The average molecular weight is 387 g/mol. The number of hydrogen-bond acceptors (Lipinski definition) is 7. The zero-order chi connectivity index (χ0) is 20.0. The maximum Gasteiger partial charge on any atom is 0.350 e. The van der Waals surface area contributed by atoms with Gasteiger partial charge < -0.3 is 9.47 Å². The van der Waals surface area contributed by atoms with Gasteiger partial charge in [0.1, 0.15) is 23.0 Å². The van der Waals surface area contributed by atoms with E-state index in [0.717, 1.165) is 13.2 Å². The fraction of sp³-hybridized carbons (Fsp3) is 0.0556. The lowest BCUT2D eigenvalue weighted by Crippen LogP contribution is -2.11. The Morgan fingerprint density at radius 3 is 2.63 bits per heavy atom. The van der Waals surface area contributed by atoms with Crippen LogP contribution in [-0.2, 0) is 9.53 Å². The smallest absolute Gasteiger partial charge is 0.350 e. The highest BCUT2D eigenvalue weighted by atomic mass is 35.5. The lowest BCUT2D eigenvalue weighted by molar-refractivity contribution is -0.385. The first-order valence-corrected chi connectivity index (χ1v) is 7.69. The van der Waals surface area contributed by atoms with E-state index >= 15 is 0 Å². The Hall–Kier alpha value is -3.70. The Bertz CT molecular complexity index is 994. The van der Waals surface area contributed by atoms with Crippen molar-refractivity contribution in [3.05, 3.63) is 74.3 Å². The van der Waals surface area contributed by atoms with Gasteiger partial charge in [-0.3, -0.25) is 10.1 Å². The van der Waals surface area contributed by atoms with E-state index in [4.69, 9.17) is 21.6 Å². The predicted molar refractivity (Wildman–Crippen MR) is 95.1 cm³/mol. The van der Waals surface area contributed by atoms with E-state index in [-0.39, 0.29) is 21.9 Å². The molecule has 0 saturated carbocycles. The molecule has 27 heavy (non-hydrogen) atoms. The number of hydrogen-bond donors (Lipinski definition) is 0. The van der Waals surface area contributed by atoms with Gasteiger partial charge in [0.05, 0.1) is 12.0 Å². The molecule has 136 valence electrons. The molecule has 0 fully saturated rings. The number of carbonyl (C=O) groups is 2. The molecule has 0 aliphatic carbocycles. The van der Waals surface area contributed by atoms with Gasteiger partial charge in [-0.25, -0.2) is 9.59 Å². The van der Waals surface area contributed by atoms with Gasteiger partial charge in [-0.15, -0.1) is 0 Å². The van der Waals surface area contributed by atoms with Crippen LogP contribution in [0, 0.1) is 21.4 Å². The Kier molecular flexibility index (Phi) is 6.25. The van der Waals surface area contributed by atoms with Crippen LogP contribution in [0.5, 0.6) is 5.75 Å². The minimum atomic E-state index is -0.951. The molecule has 0 bridgehead atoms. The highest BCUT2D eigenvalue weighted by Crippen LogP contribution is 2.25. The summed E-state index contributed by atoms with van der Waals surface area (Å²) < 4.78 is 9.64. The Morgan fingerprint density at radius 2 is 2.00 bits per heavy atom. The number of benzene rings is 2. The summed E-state index contributed by atoms with van der Waals surface area (Å²) >= 11 is 5.72. The monoisotopic (exact) mass is 386 g/mol. The standard InChI is InChI=1S/C18H11ClN2O6/c1-26-17(22)12(10-20)7-11-3-2-4-14(8-11)27-18(23)15-6-5-13(19)9-16(15)21(24)25/h2-9H,1H3/b12-7+. The lowest BCUT2D eigenvalue weighted by Gasteiger charge is -2.06. The summed E-state index contributed by atoms with van der Waals surface area (Å²) in [7, 11) is 1.14. The molecule has 0 N–H and O–H groups in total. The summed E-state index contributed by atoms with van der Waals surface area (Å²) in [6.45, 7) is 0. The summed E-state index contributed by atoms with van der Waals surface area (Å²) in [5, 5.41) is 20.2. The second-order valence-electron chi connectivity index (χ2n) is 5.04. The van der Waals surface area contributed by atoms with Crippen LogP contribution in [0.4, 0.5) is 5.69 Å². The summed E-state index contributed by atoms with van der Waals surface area (Å²) in [6, 6.07) is 11.2. The van der Waals surface area contributed by atoms with Crippen molar-refractivity contribution in [2.24, 2.45) is 0 Å². The van der Waals surface area contributed by atoms with Crippen molar-refractivity contribution in [1.29, 1.82) is 5.26 Å². The van der Waals surface area contributed by atoms with Crippen molar-refractivity contribution in [2.75, 3.05) is 7.11 Å². The third-order valence-electron chi connectivity index (χ3n) is 3.28. The zero-order valence-electron chi connectivity index (χ0n) is 13.8. The fourth-order valence-electron chi connectivity index (χ4n) is 2.07. The first-order chi connectivity index (χ1) is 12.8. The number of halogens is 1. The minimum absolute atomic E-state index is 0.0696. The van der Waals surface area contributed by atoms with Crippen molar-refractivity contribution >= 4 is 35.3 Å². The maximum atomic E-state index is 12.3. The molecular formula is C18H11ClN2O6. The molecule has 0 spiro atoms. The van der Waals surface area contributed by atoms with Crippen LogP contribution in [0.3, 0.4) is 0 Å². The van der Waals surface area contributed by atoms with Gasteiger partial charge in [0, 0.05) is 11.1 Å². The molecule has 0 saturated heterocycles. The van der Waals surface area contributed by atoms with Crippen molar-refractivity contribution < 1.29 is 24.0 Å². The second-order valence-corrected chi connectivity index (χ2v) is 5.48. The Morgan fingerprint density at radius 1 is 1.26 bits per heavy atom. The number of nitro benzene ring substituents is 1. The lowest BCUT2D eigenvalue weighted by atomic mass is 10.1.